The fourth-order valence-electron chi connectivity index (χ4n) is 3.81. The second-order valence-corrected chi connectivity index (χ2v) is 6.60. The molecule has 2 aromatic rings. The van der Waals surface area contributed by atoms with Crippen molar-refractivity contribution in [2.45, 2.75) is 51.6 Å². The molecule has 0 atom stereocenters. The number of nitrogens with two attached hydrogens (primary N) is 1. The maximum absolute atomic E-state index is 14.2. The SMILES string of the molecule is CC(=O)NC1CCC(n2c(C(N)=O)cc3c(F)ccc(C)c32)CC1. The van der Waals surface area contributed by atoms with E-state index in [0.717, 1.165) is 36.8 Å². The largest absolute Gasteiger partial charge is 0.364 e. The third-order valence-electron chi connectivity index (χ3n) is 4.87. The summed E-state index contributed by atoms with van der Waals surface area (Å²) < 4.78 is 16.1. The summed E-state index contributed by atoms with van der Waals surface area (Å²) in [5.74, 6) is -0.918. The highest BCUT2D eigenvalue weighted by atomic mass is 19.1. The van der Waals surface area contributed by atoms with E-state index >= 15 is 0 Å². The lowest BCUT2D eigenvalue weighted by molar-refractivity contribution is -0.119. The predicted octanol–water partition coefficient (Wildman–Crippen LogP) is 2.81. The van der Waals surface area contributed by atoms with Crippen LogP contribution in [0.1, 0.15) is 54.7 Å². The lowest BCUT2D eigenvalue weighted by Gasteiger charge is -2.31. The maximum Gasteiger partial charge on any atom is 0.265 e. The Bertz CT molecular complexity index is 804. The van der Waals surface area contributed by atoms with Crippen LogP contribution in [0.15, 0.2) is 18.2 Å². The Morgan fingerprint density at radius 1 is 1.25 bits per heavy atom. The molecule has 128 valence electrons. The van der Waals surface area contributed by atoms with E-state index in [1.54, 1.807) is 12.1 Å². The molecule has 1 fully saturated rings. The van der Waals surface area contributed by atoms with Crippen LogP contribution < -0.4 is 11.1 Å². The summed E-state index contributed by atoms with van der Waals surface area (Å²) in [4.78, 5) is 23.1. The molecular formula is C18H22FN3O2. The summed E-state index contributed by atoms with van der Waals surface area (Å²) in [6.45, 7) is 3.43. The van der Waals surface area contributed by atoms with Gasteiger partial charge in [0.05, 0.1) is 5.52 Å². The fourth-order valence-corrected chi connectivity index (χ4v) is 3.81. The van der Waals surface area contributed by atoms with Crippen LogP contribution >= 0.6 is 0 Å². The van der Waals surface area contributed by atoms with Crippen LogP contribution in [0.5, 0.6) is 0 Å². The summed E-state index contributed by atoms with van der Waals surface area (Å²) in [5, 5.41) is 3.38. The van der Waals surface area contributed by atoms with E-state index in [0.29, 0.717) is 11.1 Å². The first-order chi connectivity index (χ1) is 11.4. The van der Waals surface area contributed by atoms with Gasteiger partial charge in [0.2, 0.25) is 5.91 Å². The molecule has 2 amide bonds. The third-order valence-corrected chi connectivity index (χ3v) is 4.87. The second kappa shape index (κ2) is 6.26. The van der Waals surface area contributed by atoms with Crippen molar-refractivity contribution in [1.29, 1.82) is 0 Å². The molecule has 0 saturated heterocycles. The first kappa shape index (κ1) is 16.5. The summed E-state index contributed by atoms with van der Waals surface area (Å²) in [7, 11) is 0. The monoisotopic (exact) mass is 331 g/mol. The van der Waals surface area contributed by atoms with Crippen molar-refractivity contribution >= 4 is 22.7 Å². The van der Waals surface area contributed by atoms with Crippen LogP contribution in [0.2, 0.25) is 0 Å². The zero-order chi connectivity index (χ0) is 17.4. The summed E-state index contributed by atoms with van der Waals surface area (Å²) in [6, 6.07) is 4.94. The number of hydrogen-bond donors (Lipinski definition) is 2. The number of primary amides is 1. The number of carbonyl (C=O) groups excluding carboxylic acids is 2. The minimum Gasteiger partial charge on any atom is -0.364 e. The number of amides is 2. The van der Waals surface area contributed by atoms with E-state index in [1.807, 2.05) is 11.5 Å². The molecule has 1 aromatic heterocycles. The normalized spacial score (nSPS) is 21.0. The average Bonchev–Trinajstić information content (AvgIpc) is 2.93. The van der Waals surface area contributed by atoms with Crippen LogP contribution in [0.25, 0.3) is 10.9 Å². The molecular weight excluding hydrogens is 309 g/mol. The molecule has 3 N–H and O–H groups in total. The number of fused-ring (bicyclic) bond motifs is 1. The number of aryl methyl sites for hydroxylation is 1. The van der Waals surface area contributed by atoms with Gasteiger partial charge < -0.3 is 15.6 Å². The van der Waals surface area contributed by atoms with Crippen molar-refractivity contribution < 1.29 is 14.0 Å². The number of nitrogens with zero attached hydrogens (tertiary/aromatic N) is 1. The average molecular weight is 331 g/mol. The van der Waals surface area contributed by atoms with E-state index in [9.17, 15) is 14.0 Å². The summed E-state index contributed by atoms with van der Waals surface area (Å²) in [5.41, 5.74) is 7.55. The van der Waals surface area contributed by atoms with E-state index in [4.69, 9.17) is 5.73 Å². The minimum absolute atomic E-state index is 0.0272. The summed E-state index contributed by atoms with van der Waals surface area (Å²) in [6.07, 6.45) is 3.28. The molecule has 1 saturated carbocycles. The van der Waals surface area contributed by atoms with Gasteiger partial charge in [-0.05, 0) is 50.3 Å². The van der Waals surface area contributed by atoms with Gasteiger partial charge in [0.1, 0.15) is 11.5 Å². The fraction of sp³-hybridized carbons (Fsp3) is 0.444. The van der Waals surface area contributed by atoms with E-state index in [2.05, 4.69) is 5.32 Å². The minimum atomic E-state index is -0.547. The molecule has 24 heavy (non-hydrogen) atoms. The number of carbonyl (C=O) groups is 2. The molecule has 1 aliphatic rings. The number of aromatic nitrogens is 1. The highest BCUT2D eigenvalue weighted by Gasteiger charge is 2.27. The van der Waals surface area contributed by atoms with Gasteiger partial charge >= 0.3 is 0 Å². The van der Waals surface area contributed by atoms with Gasteiger partial charge in [-0.15, -0.1) is 0 Å². The smallest absolute Gasteiger partial charge is 0.265 e. The second-order valence-electron chi connectivity index (χ2n) is 6.60. The Morgan fingerprint density at radius 2 is 1.92 bits per heavy atom. The highest BCUT2D eigenvalue weighted by Crippen LogP contribution is 2.35. The van der Waals surface area contributed by atoms with Crippen LogP contribution in [-0.4, -0.2) is 22.4 Å². The molecule has 0 bridgehead atoms. The van der Waals surface area contributed by atoms with Crippen molar-refractivity contribution in [2.24, 2.45) is 5.73 Å². The first-order valence-electron chi connectivity index (χ1n) is 8.25. The van der Waals surface area contributed by atoms with Crippen molar-refractivity contribution in [2.75, 3.05) is 0 Å². The van der Waals surface area contributed by atoms with Crippen molar-refractivity contribution in [3.8, 4) is 0 Å². The van der Waals surface area contributed by atoms with E-state index < -0.39 is 5.91 Å². The number of hydrogen-bond acceptors (Lipinski definition) is 2. The Morgan fingerprint density at radius 3 is 2.50 bits per heavy atom. The quantitative estimate of drug-likeness (QED) is 0.907. The molecule has 6 heteroatoms. The lowest BCUT2D eigenvalue weighted by Crippen LogP contribution is -2.37. The van der Waals surface area contributed by atoms with Crippen molar-refractivity contribution in [3.05, 3.63) is 35.3 Å². The van der Waals surface area contributed by atoms with Gasteiger partial charge in [-0.25, -0.2) is 4.39 Å². The van der Waals surface area contributed by atoms with Gasteiger partial charge in [0.25, 0.3) is 5.91 Å². The molecule has 0 radical (unpaired) electrons. The van der Waals surface area contributed by atoms with Crippen LogP contribution in [0.4, 0.5) is 4.39 Å². The number of rotatable bonds is 3. The van der Waals surface area contributed by atoms with Crippen LogP contribution in [0, 0.1) is 12.7 Å². The Labute approximate surface area is 140 Å². The molecule has 5 nitrogen and oxygen atoms in total. The van der Waals surface area contributed by atoms with Crippen LogP contribution in [0.3, 0.4) is 0 Å². The van der Waals surface area contributed by atoms with Gasteiger partial charge in [-0.2, -0.15) is 0 Å². The summed E-state index contributed by atoms with van der Waals surface area (Å²) >= 11 is 0. The Kier molecular flexibility index (Phi) is 4.30. The van der Waals surface area contributed by atoms with Gasteiger partial charge in [0.15, 0.2) is 0 Å². The Balaban J connectivity index is 2.00. The lowest BCUT2D eigenvalue weighted by atomic mass is 9.90. The zero-order valence-electron chi connectivity index (χ0n) is 13.9. The molecule has 1 aliphatic carbocycles. The standard InChI is InChI=1S/C18H22FN3O2/c1-10-3-8-15(19)14-9-16(18(20)24)22(17(10)14)13-6-4-12(5-7-13)21-11(2)23/h3,8-9,12-13H,4-7H2,1-2H3,(H2,20,24)(H,21,23). The van der Waals surface area contributed by atoms with Crippen molar-refractivity contribution in [3.63, 3.8) is 0 Å². The molecule has 0 spiro atoms. The number of nitrogens with one attached hydrogen (secondary N) is 1. The Hall–Kier alpha value is -2.37. The molecule has 1 aromatic carbocycles. The van der Waals surface area contributed by atoms with Gasteiger partial charge in [-0.3, -0.25) is 9.59 Å². The van der Waals surface area contributed by atoms with Gasteiger partial charge in [-0.1, -0.05) is 6.07 Å². The molecule has 0 unspecified atom stereocenters. The van der Waals surface area contributed by atoms with Crippen molar-refractivity contribution in [1.82, 2.24) is 9.88 Å². The number of halogens is 1. The molecule has 3 rings (SSSR count). The van der Waals surface area contributed by atoms with Gasteiger partial charge in [0, 0.05) is 24.4 Å². The first-order valence-corrected chi connectivity index (χ1v) is 8.25. The van der Waals surface area contributed by atoms with Crippen LogP contribution in [-0.2, 0) is 4.79 Å². The van der Waals surface area contributed by atoms with E-state index in [1.165, 1.54) is 13.0 Å². The maximum atomic E-state index is 14.2. The van der Waals surface area contributed by atoms with E-state index in [-0.39, 0.29) is 23.8 Å². The highest BCUT2D eigenvalue weighted by molar-refractivity contribution is 5.99. The number of benzene rings is 1. The predicted molar refractivity (Wildman–Crippen MR) is 90.3 cm³/mol. The molecule has 1 heterocycles. The third kappa shape index (κ3) is 2.88. The zero-order valence-corrected chi connectivity index (χ0v) is 13.9. The topological polar surface area (TPSA) is 77.1 Å². The molecule has 0 aliphatic heterocycles.